The van der Waals surface area contributed by atoms with Crippen LogP contribution < -0.4 is 5.32 Å². The van der Waals surface area contributed by atoms with Crippen molar-refractivity contribution in [2.75, 3.05) is 11.9 Å². The van der Waals surface area contributed by atoms with E-state index in [2.05, 4.69) is 15.4 Å². The maximum absolute atomic E-state index is 12.6. The lowest BCUT2D eigenvalue weighted by Crippen LogP contribution is -2.25. The molecule has 2 aromatic rings. The first kappa shape index (κ1) is 15.2. The van der Waals surface area contributed by atoms with Crippen LogP contribution in [0.3, 0.4) is 0 Å². The predicted molar refractivity (Wildman–Crippen MR) is 84.9 cm³/mol. The van der Waals surface area contributed by atoms with Gasteiger partial charge in [0.1, 0.15) is 5.00 Å². The molecule has 0 bridgehead atoms. The van der Waals surface area contributed by atoms with E-state index in [-0.39, 0.29) is 17.9 Å². The molecule has 0 radical (unpaired) electrons. The van der Waals surface area contributed by atoms with Crippen LogP contribution >= 0.6 is 11.3 Å². The number of nitrogens with one attached hydrogen (secondary N) is 1. The molecule has 1 amide bonds. The van der Waals surface area contributed by atoms with Gasteiger partial charge in [0.2, 0.25) is 5.91 Å². The SMILES string of the molecule is CCn1cc([C@H]2OCC[C@@H]2C(=O)Nc2sc(C)nc2C)cn1. The van der Waals surface area contributed by atoms with Crippen LogP contribution in [0, 0.1) is 19.8 Å². The number of ether oxygens (including phenoxy) is 1. The maximum Gasteiger partial charge on any atom is 0.231 e. The van der Waals surface area contributed by atoms with E-state index in [0.717, 1.165) is 34.2 Å². The van der Waals surface area contributed by atoms with E-state index in [1.165, 1.54) is 11.3 Å². The molecule has 0 spiro atoms. The van der Waals surface area contributed by atoms with Crippen molar-refractivity contribution in [2.45, 2.75) is 39.8 Å². The second-order valence-electron chi connectivity index (χ2n) is 5.45. The first-order chi connectivity index (χ1) is 10.6. The molecule has 2 aromatic heterocycles. The van der Waals surface area contributed by atoms with Crippen molar-refractivity contribution in [3.63, 3.8) is 0 Å². The Morgan fingerprint density at radius 3 is 3.00 bits per heavy atom. The fourth-order valence-electron chi connectivity index (χ4n) is 2.74. The summed E-state index contributed by atoms with van der Waals surface area (Å²) in [6.45, 7) is 7.29. The lowest BCUT2D eigenvalue weighted by atomic mass is 9.96. The molecule has 1 aliphatic rings. The third-order valence-corrected chi connectivity index (χ3v) is 4.86. The minimum atomic E-state index is -0.213. The van der Waals surface area contributed by atoms with Crippen LogP contribution in [0.2, 0.25) is 0 Å². The Morgan fingerprint density at radius 2 is 2.36 bits per heavy atom. The fourth-order valence-corrected chi connectivity index (χ4v) is 3.56. The highest BCUT2D eigenvalue weighted by Crippen LogP contribution is 2.36. The van der Waals surface area contributed by atoms with Crippen molar-refractivity contribution in [2.24, 2.45) is 5.92 Å². The van der Waals surface area contributed by atoms with Crippen molar-refractivity contribution >= 4 is 22.2 Å². The number of nitrogens with zero attached hydrogens (tertiary/aromatic N) is 3. The first-order valence-corrected chi connectivity index (χ1v) is 8.29. The predicted octanol–water partition coefficient (Wildman–Crippen LogP) is 2.69. The molecule has 0 unspecified atom stereocenters. The molecule has 0 saturated carbocycles. The number of hydrogen-bond acceptors (Lipinski definition) is 5. The lowest BCUT2D eigenvalue weighted by Gasteiger charge is -2.16. The zero-order valence-corrected chi connectivity index (χ0v) is 13.8. The Bertz CT molecular complexity index is 679. The summed E-state index contributed by atoms with van der Waals surface area (Å²) in [5.74, 6) is -0.185. The van der Waals surface area contributed by atoms with Gasteiger partial charge < -0.3 is 10.1 Å². The summed E-state index contributed by atoms with van der Waals surface area (Å²) in [6, 6.07) is 0. The van der Waals surface area contributed by atoms with Crippen LogP contribution in [0.5, 0.6) is 0 Å². The molecule has 1 fully saturated rings. The van der Waals surface area contributed by atoms with Gasteiger partial charge >= 0.3 is 0 Å². The van der Waals surface area contributed by atoms with E-state index >= 15 is 0 Å². The van der Waals surface area contributed by atoms with Crippen molar-refractivity contribution < 1.29 is 9.53 Å². The Balaban J connectivity index is 1.74. The van der Waals surface area contributed by atoms with Crippen LogP contribution in [0.15, 0.2) is 12.4 Å². The molecule has 0 aromatic carbocycles. The first-order valence-electron chi connectivity index (χ1n) is 7.47. The summed E-state index contributed by atoms with van der Waals surface area (Å²) in [5.41, 5.74) is 1.84. The molecule has 6 nitrogen and oxygen atoms in total. The highest BCUT2D eigenvalue weighted by atomic mass is 32.1. The van der Waals surface area contributed by atoms with Gasteiger partial charge in [-0.1, -0.05) is 0 Å². The number of aromatic nitrogens is 3. The van der Waals surface area contributed by atoms with Gasteiger partial charge in [-0.15, -0.1) is 11.3 Å². The van der Waals surface area contributed by atoms with Gasteiger partial charge in [-0.3, -0.25) is 9.48 Å². The number of carbonyl (C=O) groups is 1. The van der Waals surface area contributed by atoms with E-state index < -0.39 is 0 Å². The van der Waals surface area contributed by atoms with Crippen LogP contribution in [0.4, 0.5) is 5.00 Å². The van der Waals surface area contributed by atoms with Crippen molar-refractivity contribution in [1.82, 2.24) is 14.8 Å². The van der Waals surface area contributed by atoms with E-state index in [0.29, 0.717) is 6.61 Å². The molecule has 0 aliphatic carbocycles. The molecular formula is C15H20N4O2S. The number of carbonyl (C=O) groups excluding carboxylic acids is 1. The monoisotopic (exact) mass is 320 g/mol. The summed E-state index contributed by atoms with van der Waals surface area (Å²) < 4.78 is 7.63. The minimum Gasteiger partial charge on any atom is -0.373 e. The van der Waals surface area contributed by atoms with Crippen molar-refractivity contribution in [1.29, 1.82) is 0 Å². The van der Waals surface area contributed by atoms with Gasteiger partial charge in [0, 0.05) is 24.9 Å². The van der Waals surface area contributed by atoms with Gasteiger partial charge in [0.15, 0.2) is 0 Å². The molecular weight excluding hydrogens is 300 g/mol. The van der Waals surface area contributed by atoms with Crippen LogP contribution in [0.25, 0.3) is 0 Å². The quantitative estimate of drug-likeness (QED) is 0.940. The molecule has 7 heteroatoms. The van der Waals surface area contributed by atoms with Crippen LogP contribution in [0.1, 0.15) is 35.7 Å². The standard InChI is InChI=1S/C15H20N4O2S/c1-4-19-8-11(7-16-19)13-12(5-6-21-13)14(20)18-15-9(2)17-10(3)22-15/h7-8,12-13H,4-6H2,1-3H3,(H,18,20)/t12-,13+/m0/s1. The van der Waals surface area contributed by atoms with E-state index in [4.69, 9.17) is 4.74 Å². The molecule has 2 atom stereocenters. The summed E-state index contributed by atoms with van der Waals surface area (Å²) in [4.78, 5) is 16.9. The van der Waals surface area contributed by atoms with Gasteiger partial charge in [-0.25, -0.2) is 4.98 Å². The molecule has 118 valence electrons. The second-order valence-corrected chi connectivity index (χ2v) is 6.66. The summed E-state index contributed by atoms with van der Waals surface area (Å²) in [7, 11) is 0. The second kappa shape index (κ2) is 6.18. The van der Waals surface area contributed by atoms with E-state index in [9.17, 15) is 4.79 Å². The number of aryl methyl sites for hydroxylation is 3. The highest BCUT2D eigenvalue weighted by Gasteiger charge is 2.36. The zero-order chi connectivity index (χ0) is 15.7. The lowest BCUT2D eigenvalue weighted by molar-refractivity contribution is -0.121. The molecule has 1 aliphatic heterocycles. The van der Waals surface area contributed by atoms with Crippen LogP contribution in [-0.2, 0) is 16.1 Å². The van der Waals surface area contributed by atoms with E-state index in [1.807, 2.05) is 31.6 Å². The summed E-state index contributed by atoms with van der Waals surface area (Å²) >= 11 is 1.51. The highest BCUT2D eigenvalue weighted by molar-refractivity contribution is 7.16. The molecule has 1 saturated heterocycles. The minimum absolute atomic E-state index is 0.00139. The Morgan fingerprint density at radius 1 is 1.55 bits per heavy atom. The van der Waals surface area contributed by atoms with Crippen molar-refractivity contribution in [3.8, 4) is 0 Å². The third-order valence-electron chi connectivity index (χ3n) is 3.87. The third kappa shape index (κ3) is 2.91. The smallest absolute Gasteiger partial charge is 0.231 e. The Kier molecular flexibility index (Phi) is 4.26. The van der Waals surface area contributed by atoms with Gasteiger partial charge in [-0.2, -0.15) is 5.10 Å². The van der Waals surface area contributed by atoms with Gasteiger partial charge in [0.25, 0.3) is 0 Å². The average Bonchev–Trinajstić information content (AvgIpc) is 3.19. The van der Waals surface area contributed by atoms with Gasteiger partial charge in [0.05, 0.1) is 28.9 Å². The molecule has 3 rings (SSSR count). The van der Waals surface area contributed by atoms with Crippen molar-refractivity contribution in [3.05, 3.63) is 28.7 Å². The topological polar surface area (TPSA) is 69.0 Å². The number of anilines is 1. The number of rotatable bonds is 4. The Labute approximate surface area is 133 Å². The van der Waals surface area contributed by atoms with E-state index in [1.54, 1.807) is 6.20 Å². The molecule has 1 N–H and O–H groups in total. The largest absolute Gasteiger partial charge is 0.373 e. The molecule has 22 heavy (non-hydrogen) atoms. The maximum atomic E-state index is 12.6. The summed E-state index contributed by atoms with van der Waals surface area (Å²) in [5, 5.41) is 9.06. The normalized spacial score (nSPS) is 21.2. The fraction of sp³-hybridized carbons (Fsp3) is 0.533. The van der Waals surface area contributed by atoms with Gasteiger partial charge in [-0.05, 0) is 27.2 Å². The van der Waals surface area contributed by atoms with Crippen LogP contribution in [-0.4, -0.2) is 27.3 Å². The Hall–Kier alpha value is -1.73. The average molecular weight is 320 g/mol. The number of thiazole rings is 1. The zero-order valence-electron chi connectivity index (χ0n) is 13.0. The number of amides is 1. The summed E-state index contributed by atoms with van der Waals surface area (Å²) in [6.07, 6.45) is 4.26. The number of hydrogen-bond donors (Lipinski definition) is 1. The molecule has 3 heterocycles.